The number of aliphatic hydroxyl groups excluding tert-OH is 1. The van der Waals surface area contributed by atoms with Crippen molar-refractivity contribution in [1.82, 2.24) is 0 Å². The predicted molar refractivity (Wildman–Crippen MR) is 48.3 cm³/mol. The van der Waals surface area contributed by atoms with Crippen molar-refractivity contribution in [3.8, 4) is 0 Å². The van der Waals surface area contributed by atoms with Crippen LogP contribution in [0.1, 0.15) is 12.8 Å². The van der Waals surface area contributed by atoms with Crippen molar-refractivity contribution in [2.75, 3.05) is 0 Å². The second-order valence-corrected chi connectivity index (χ2v) is 2.23. The minimum atomic E-state index is -0.497. The van der Waals surface area contributed by atoms with Gasteiger partial charge in [0.2, 0.25) is 0 Å². The zero-order chi connectivity index (χ0) is 8.69. The Balaban J connectivity index is 4.13. The van der Waals surface area contributed by atoms with E-state index in [-0.39, 0.29) is 0 Å². The van der Waals surface area contributed by atoms with E-state index >= 15 is 0 Å². The van der Waals surface area contributed by atoms with E-state index in [2.05, 4.69) is 25.5 Å². The van der Waals surface area contributed by atoms with E-state index in [0.717, 1.165) is 5.57 Å². The van der Waals surface area contributed by atoms with E-state index in [1.165, 1.54) is 0 Å². The van der Waals surface area contributed by atoms with Crippen LogP contribution in [0.25, 0.3) is 0 Å². The SMILES string of the molecule is C=C=C(CC=C)C(O)CC=C. The summed E-state index contributed by atoms with van der Waals surface area (Å²) in [5.41, 5.74) is 3.46. The molecule has 0 aromatic carbocycles. The van der Waals surface area contributed by atoms with Crippen molar-refractivity contribution in [2.24, 2.45) is 0 Å². The van der Waals surface area contributed by atoms with Crippen LogP contribution in [0.4, 0.5) is 0 Å². The highest BCUT2D eigenvalue weighted by molar-refractivity contribution is 5.10. The van der Waals surface area contributed by atoms with Gasteiger partial charge in [-0.1, -0.05) is 18.7 Å². The maximum atomic E-state index is 9.38. The van der Waals surface area contributed by atoms with Crippen molar-refractivity contribution in [3.05, 3.63) is 43.2 Å². The molecule has 0 aromatic heterocycles. The summed E-state index contributed by atoms with van der Waals surface area (Å²) in [7, 11) is 0. The van der Waals surface area contributed by atoms with Crippen LogP contribution < -0.4 is 0 Å². The van der Waals surface area contributed by atoms with E-state index in [9.17, 15) is 5.11 Å². The topological polar surface area (TPSA) is 20.2 Å². The van der Waals surface area contributed by atoms with E-state index in [4.69, 9.17) is 0 Å². The molecule has 0 aromatic rings. The molecule has 1 heteroatoms. The van der Waals surface area contributed by atoms with E-state index in [0.29, 0.717) is 12.8 Å². The van der Waals surface area contributed by atoms with Crippen LogP contribution in [-0.2, 0) is 0 Å². The summed E-state index contributed by atoms with van der Waals surface area (Å²) in [5.74, 6) is 0. The number of hydrogen-bond acceptors (Lipinski definition) is 1. The molecule has 0 fully saturated rings. The Hall–Kier alpha value is -1.04. The van der Waals surface area contributed by atoms with Crippen LogP contribution in [-0.4, -0.2) is 11.2 Å². The Labute approximate surface area is 68.1 Å². The molecule has 0 aliphatic heterocycles. The van der Waals surface area contributed by atoms with Gasteiger partial charge in [0.25, 0.3) is 0 Å². The van der Waals surface area contributed by atoms with Gasteiger partial charge in [0.05, 0.1) is 6.10 Å². The molecule has 0 rings (SSSR count). The summed E-state index contributed by atoms with van der Waals surface area (Å²) in [6.07, 6.45) is 4.08. The fraction of sp³-hybridized carbons (Fsp3) is 0.300. The molecular weight excluding hydrogens is 136 g/mol. The van der Waals surface area contributed by atoms with E-state index < -0.39 is 6.10 Å². The van der Waals surface area contributed by atoms with Crippen LogP contribution in [0.5, 0.6) is 0 Å². The molecular formula is C10H14O. The van der Waals surface area contributed by atoms with Gasteiger partial charge in [0.15, 0.2) is 0 Å². The van der Waals surface area contributed by atoms with Crippen molar-refractivity contribution in [1.29, 1.82) is 0 Å². The highest BCUT2D eigenvalue weighted by Gasteiger charge is 2.05. The van der Waals surface area contributed by atoms with Gasteiger partial charge in [-0.3, -0.25) is 0 Å². The van der Waals surface area contributed by atoms with Gasteiger partial charge < -0.3 is 5.11 Å². The molecule has 1 N–H and O–H groups in total. The lowest BCUT2D eigenvalue weighted by Crippen LogP contribution is -2.07. The molecule has 0 heterocycles. The van der Waals surface area contributed by atoms with Crippen LogP contribution in [0.15, 0.2) is 43.2 Å². The summed E-state index contributed by atoms with van der Waals surface area (Å²) in [6, 6.07) is 0. The zero-order valence-electron chi connectivity index (χ0n) is 6.71. The Kier molecular flexibility index (Phi) is 5.18. The van der Waals surface area contributed by atoms with Crippen molar-refractivity contribution in [2.45, 2.75) is 18.9 Å². The zero-order valence-corrected chi connectivity index (χ0v) is 6.71. The number of allylic oxidation sites excluding steroid dienone is 1. The highest BCUT2D eigenvalue weighted by atomic mass is 16.3. The normalized spacial score (nSPS) is 11.4. The second kappa shape index (κ2) is 5.72. The van der Waals surface area contributed by atoms with Gasteiger partial charge in [-0.2, -0.15) is 0 Å². The lowest BCUT2D eigenvalue weighted by Gasteiger charge is -2.07. The number of rotatable bonds is 5. The molecule has 0 amide bonds. The molecule has 0 bridgehead atoms. The third-order valence-corrected chi connectivity index (χ3v) is 1.38. The van der Waals surface area contributed by atoms with Crippen molar-refractivity contribution in [3.63, 3.8) is 0 Å². The molecule has 11 heavy (non-hydrogen) atoms. The Bertz CT molecular complexity index is 185. The lowest BCUT2D eigenvalue weighted by molar-refractivity contribution is 0.212. The summed E-state index contributed by atoms with van der Waals surface area (Å²) in [4.78, 5) is 0. The first-order valence-electron chi connectivity index (χ1n) is 3.55. The third kappa shape index (κ3) is 3.61. The monoisotopic (exact) mass is 150 g/mol. The standard InChI is InChI=1S/C10H14O/c1-4-7-9(6-3)10(11)8-5-2/h4-5,10-11H,1-3,7-8H2. The van der Waals surface area contributed by atoms with Crippen LogP contribution in [0.3, 0.4) is 0 Å². The Morgan fingerprint density at radius 2 is 2.09 bits per heavy atom. The molecule has 0 aliphatic rings. The maximum Gasteiger partial charge on any atom is 0.0860 e. The van der Waals surface area contributed by atoms with Crippen LogP contribution >= 0.6 is 0 Å². The molecule has 0 saturated heterocycles. The van der Waals surface area contributed by atoms with Crippen LogP contribution in [0, 0.1) is 0 Å². The fourth-order valence-electron chi connectivity index (χ4n) is 0.782. The molecule has 1 nitrogen and oxygen atoms in total. The minimum absolute atomic E-state index is 0.497. The van der Waals surface area contributed by atoms with Gasteiger partial charge in [-0.05, 0) is 12.8 Å². The Morgan fingerprint density at radius 3 is 2.45 bits per heavy atom. The fourth-order valence-corrected chi connectivity index (χ4v) is 0.782. The summed E-state index contributed by atoms with van der Waals surface area (Å²) >= 11 is 0. The smallest absolute Gasteiger partial charge is 0.0860 e. The summed E-state index contributed by atoms with van der Waals surface area (Å²) in [5, 5.41) is 9.38. The molecule has 1 unspecified atom stereocenters. The quantitative estimate of drug-likeness (QED) is 0.470. The molecule has 1 atom stereocenters. The first-order chi connectivity index (χ1) is 5.26. The molecule has 0 aliphatic carbocycles. The van der Waals surface area contributed by atoms with Crippen LogP contribution in [0.2, 0.25) is 0 Å². The average Bonchev–Trinajstić information content (AvgIpc) is 2.00. The van der Waals surface area contributed by atoms with Gasteiger partial charge in [-0.25, -0.2) is 0 Å². The van der Waals surface area contributed by atoms with E-state index in [1.807, 2.05) is 0 Å². The highest BCUT2D eigenvalue weighted by Crippen LogP contribution is 2.09. The largest absolute Gasteiger partial charge is 0.388 e. The van der Waals surface area contributed by atoms with Gasteiger partial charge >= 0.3 is 0 Å². The van der Waals surface area contributed by atoms with Crippen molar-refractivity contribution >= 4 is 0 Å². The molecule has 0 spiro atoms. The summed E-state index contributed by atoms with van der Waals surface area (Å²) < 4.78 is 0. The van der Waals surface area contributed by atoms with Gasteiger partial charge in [0.1, 0.15) is 0 Å². The molecule has 0 radical (unpaired) electrons. The lowest BCUT2D eigenvalue weighted by atomic mass is 10.1. The first-order valence-corrected chi connectivity index (χ1v) is 3.55. The number of hydrogen-bond donors (Lipinski definition) is 1. The third-order valence-electron chi connectivity index (χ3n) is 1.38. The van der Waals surface area contributed by atoms with E-state index in [1.54, 1.807) is 12.2 Å². The first kappa shape index (κ1) is 9.96. The average molecular weight is 150 g/mol. The van der Waals surface area contributed by atoms with Gasteiger partial charge in [0, 0.05) is 5.57 Å². The number of aliphatic hydroxyl groups is 1. The molecule has 60 valence electrons. The molecule has 0 saturated carbocycles. The Morgan fingerprint density at radius 1 is 1.45 bits per heavy atom. The second-order valence-electron chi connectivity index (χ2n) is 2.23. The van der Waals surface area contributed by atoms with Gasteiger partial charge in [-0.15, -0.1) is 18.9 Å². The maximum absolute atomic E-state index is 9.38. The van der Waals surface area contributed by atoms with Crippen molar-refractivity contribution < 1.29 is 5.11 Å². The summed E-state index contributed by atoms with van der Waals surface area (Å²) in [6.45, 7) is 10.6. The minimum Gasteiger partial charge on any atom is -0.388 e. The predicted octanol–water partition coefficient (Wildman–Crippen LogP) is 2.21.